The van der Waals surface area contributed by atoms with E-state index in [-0.39, 0.29) is 11.3 Å². The lowest BCUT2D eigenvalue weighted by atomic mass is 9.83. The van der Waals surface area contributed by atoms with Gasteiger partial charge in [-0.1, -0.05) is 79.2 Å². The van der Waals surface area contributed by atoms with Crippen LogP contribution in [-0.4, -0.2) is 29.8 Å². The van der Waals surface area contributed by atoms with Crippen molar-refractivity contribution in [2.24, 2.45) is 0 Å². The molecule has 4 rings (SSSR count). The Bertz CT molecular complexity index is 1020. The number of aromatic nitrogens is 1. The minimum absolute atomic E-state index is 0.0807. The van der Waals surface area contributed by atoms with Crippen molar-refractivity contribution in [2.45, 2.75) is 51.0 Å². The van der Waals surface area contributed by atoms with Crippen molar-refractivity contribution in [1.29, 1.82) is 0 Å². The molecule has 1 aliphatic heterocycles. The molecule has 31 heavy (non-hydrogen) atoms. The molecule has 5 heteroatoms. The molecule has 1 atom stereocenters. The van der Waals surface area contributed by atoms with Gasteiger partial charge in [0.15, 0.2) is 5.60 Å². The van der Waals surface area contributed by atoms with Crippen LogP contribution in [-0.2, 0) is 21.4 Å². The Kier molecular flexibility index (Phi) is 5.96. The lowest BCUT2D eigenvalue weighted by Crippen LogP contribution is -2.50. The summed E-state index contributed by atoms with van der Waals surface area (Å²) in [6, 6.07) is 20.3. The quantitative estimate of drug-likeness (QED) is 0.597. The van der Waals surface area contributed by atoms with Crippen LogP contribution in [0.25, 0.3) is 11.3 Å². The molecule has 1 aromatic heterocycles. The molecule has 2 aromatic carbocycles. The molecule has 0 aliphatic carbocycles. The number of carbonyl (C=O) groups excluding carboxylic acids is 1. The third-order valence-corrected chi connectivity index (χ3v) is 6.13. The fraction of sp³-hybridized carbons (Fsp3) is 0.385. The van der Waals surface area contributed by atoms with Gasteiger partial charge in [-0.3, -0.25) is 4.79 Å². The predicted octanol–water partition coefficient (Wildman–Crippen LogP) is 4.84. The maximum atomic E-state index is 13.3. The average molecular weight is 419 g/mol. The molecule has 2 heterocycles. The Morgan fingerprint density at radius 2 is 1.87 bits per heavy atom. The van der Waals surface area contributed by atoms with E-state index in [2.05, 4.69) is 55.5 Å². The minimum atomic E-state index is -0.906. The van der Waals surface area contributed by atoms with E-state index in [0.717, 1.165) is 17.7 Å². The molecule has 1 aliphatic rings. The fourth-order valence-electron chi connectivity index (χ4n) is 4.09. The van der Waals surface area contributed by atoms with Crippen molar-refractivity contribution in [3.05, 3.63) is 77.6 Å². The molecule has 162 valence electrons. The van der Waals surface area contributed by atoms with Crippen LogP contribution in [0.2, 0.25) is 0 Å². The van der Waals surface area contributed by atoms with Crippen molar-refractivity contribution >= 4 is 5.91 Å². The highest BCUT2D eigenvalue weighted by molar-refractivity contribution is 5.86. The number of ether oxygens (including phenoxy) is 1. The third-order valence-electron chi connectivity index (χ3n) is 6.13. The Labute approximate surface area is 183 Å². The lowest BCUT2D eigenvalue weighted by Gasteiger charge is -2.30. The highest BCUT2D eigenvalue weighted by Crippen LogP contribution is 2.32. The van der Waals surface area contributed by atoms with Gasteiger partial charge in [0, 0.05) is 36.6 Å². The van der Waals surface area contributed by atoms with Gasteiger partial charge in [0.25, 0.3) is 5.91 Å². The van der Waals surface area contributed by atoms with E-state index in [1.54, 1.807) is 0 Å². The van der Waals surface area contributed by atoms with Gasteiger partial charge in [0.2, 0.25) is 0 Å². The van der Waals surface area contributed by atoms with Crippen molar-refractivity contribution < 1.29 is 14.1 Å². The standard InChI is InChI=1S/C26H30N2O3/c1-19-10-12-21(13-11-19)25(2,3)18-27-24(29)26(14-7-15-30-26)17-22-16-23(28-31-22)20-8-5-4-6-9-20/h4-6,8-13,16H,7,14-15,17-18H2,1-3H3,(H,27,29)/t26-/m1/s1. The van der Waals surface area contributed by atoms with Gasteiger partial charge in [0.1, 0.15) is 11.5 Å². The van der Waals surface area contributed by atoms with Crippen molar-refractivity contribution in [3.63, 3.8) is 0 Å². The monoisotopic (exact) mass is 418 g/mol. The van der Waals surface area contributed by atoms with E-state index in [9.17, 15) is 4.79 Å². The van der Waals surface area contributed by atoms with Gasteiger partial charge in [-0.15, -0.1) is 0 Å². The van der Waals surface area contributed by atoms with Gasteiger partial charge >= 0.3 is 0 Å². The summed E-state index contributed by atoms with van der Waals surface area (Å²) in [6.07, 6.45) is 1.91. The molecule has 0 unspecified atom stereocenters. The van der Waals surface area contributed by atoms with Gasteiger partial charge in [-0.25, -0.2) is 0 Å². The summed E-state index contributed by atoms with van der Waals surface area (Å²) in [4.78, 5) is 13.3. The highest BCUT2D eigenvalue weighted by Gasteiger charge is 2.44. The zero-order chi connectivity index (χ0) is 21.9. The van der Waals surface area contributed by atoms with Crippen molar-refractivity contribution in [1.82, 2.24) is 10.5 Å². The summed E-state index contributed by atoms with van der Waals surface area (Å²) < 4.78 is 11.6. The molecule has 0 bridgehead atoms. The first-order valence-corrected chi connectivity index (χ1v) is 10.9. The topological polar surface area (TPSA) is 64.4 Å². The molecule has 1 fully saturated rings. The first-order valence-electron chi connectivity index (χ1n) is 10.9. The van der Waals surface area contributed by atoms with E-state index in [0.29, 0.717) is 31.8 Å². The SMILES string of the molecule is Cc1ccc(C(C)(C)CNC(=O)[C@]2(Cc3cc(-c4ccccc4)no3)CCCO2)cc1. The molecule has 0 spiro atoms. The van der Waals surface area contributed by atoms with E-state index < -0.39 is 5.60 Å². The Morgan fingerprint density at radius 1 is 1.13 bits per heavy atom. The number of benzene rings is 2. The van der Waals surface area contributed by atoms with Crippen LogP contribution in [0.3, 0.4) is 0 Å². The van der Waals surface area contributed by atoms with E-state index in [1.165, 1.54) is 11.1 Å². The van der Waals surface area contributed by atoms with Crippen LogP contribution in [0.15, 0.2) is 65.2 Å². The summed E-state index contributed by atoms with van der Waals surface area (Å²) in [5.74, 6) is 0.580. The number of rotatable bonds is 7. The van der Waals surface area contributed by atoms with Crippen molar-refractivity contribution in [2.75, 3.05) is 13.2 Å². The second-order valence-corrected chi connectivity index (χ2v) is 9.10. The number of nitrogens with one attached hydrogen (secondary N) is 1. The Hall–Kier alpha value is -2.92. The van der Waals surface area contributed by atoms with Crippen LogP contribution in [0.1, 0.15) is 43.6 Å². The molecule has 0 radical (unpaired) electrons. The maximum Gasteiger partial charge on any atom is 0.252 e. The molecular weight excluding hydrogens is 388 g/mol. The third kappa shape index (κ3) is 4.72. The Morgan fingerprint density at radius 3 is 2.55 bits per heavy atom. The second-order valence-electron chi connectivity index (χ2n) is 9.10. The first kappa shape index (κ1) is 21.3. The van der Waals surface area contributed by atoms with Gasteiger partial charge in [-0.05, 0) is 25.3 Å². The second kappa shape index (κ2) is 8.67. The summed E-state index contributed by atoms with van der Waals surface area (Å²) in [5.41, 5.74) is 3.09. The molecule has 0 saturated carbocycles. The highest BCUT2D eigenvalue weighted by atomic mass is 16.5. The number of hydrogen-bond acceptors (Lipinski definition) is 4. The zero-order valence-corrected chi connectivity index (χ0v) is 18.5. The summed E-state index contributed by atoms with van der Waals surface area (Å²) in [5, 5.41) is 7.34. The molecule has 3 aromatic rings. The van der Waals surface area contributed by atoms with E-state index in [1.807, 2.05) is 36.4 Å². The fourth-order valence-corrected chi connectivity index (χ4v) is 4.09. The van der Waals surface area contributed by atoms with E-state index >= 15 is 0 Å². The summed E-state index contributed by atoms with van der Waals surface area (Å²) in [6.45, 7) is 7.47. The van der Waals surface area contributed by atoms with Gasteiger partial charge in [0.05, 0.1) is 0 Å². The first-order chi connectivity index (χ1) is 14.9. The maximum absolute atomic E-state index is 13.3. The number of nitrogens with zero attached hydrogens (tertiary/aromatic N) is 1. The number of hydrogen-bond donors (Lipinski definition) is 1. The number of carbonyl (C=O) groups is 1. The molecular formula is C26H30N2O3. The number of aryl methyl sites for hydroxylation is 1. The molecule has 5 nitrogen and oxygen atoms in total. The molecule has 1 amide bonds. The number of amides is 1. The molecule has 1 saturated heterocycles. The minimum Gasteiger partial charge on any atom is -0.365 e. The van der Waals surface area contributed by atoms with Crippen LogP contribution in [0, 0.1) is 6.92 Å². The van der Waals surface area contributed by atoms with Gasteiger partial charge in [-0.2, -0.15) is 0 Å². The largest absolute Gasteiger partial charge is 0.365 e. The smallest absolute Gasteiger partial charge is 0.252 e. The average Bonchev–Trinajstić information content (AvgIpc) is 3.44. The van der Waals surface area contributed by atoms with Crippen LogP contribution < -0.4 is 5.32 Å². The van der Waals surface area contributed by atoms with E-state index in [4.69, 9.17) is 9.26 Å². The molecule has 1 N–H and O–H groups in total. The Balaban J connectivity index is 1.46. The summed E-state index contributed by atoms with van der Waals surface area (Å²) >= 11 is 0. The normalized spacial score (nSPS) is 18.8. The zero-order valence-electron chi connectivity index (χ0n) is 18.5. The summed E-state index contributed by atoms with van der Waals surface area (Å²) in [7, 11) is 0. The van der Waals surface area contributed by atoms with Crippen LogP contribution >= 0.6 is 0 Å². The van der Waals surface area contributed by atoms with Crippen LogP contribution in [0.4, 0.5) is 0 Å². The van der Waals surface area contributed by atoms with Gasteiger partial charge < -0.3 is 14.6 Å². The van der Waals surface area contributed by atoms with Crippen molar-refractivity contribution in [3.8, 4) is 11.3 Å². The predicted molar refractivity (Wildman–Crippen MR) is 121 cm³/mol. The van der Waals surface area contributed by atoms with Crippen LogP contribution in [0.5, 0.6) is 0 Å². The lowest BCUT2D eigenvalue weighted by molar-refractivity contribution is -0.142.